The van der Waals surface area contributed by atoms with E-state index in [0.717, 1.165) is 6.42 Å². The van der Waals surface area contributed by atoms with Gasteiger partial charge in [-0.1, -0.05) is 13.8 Å². The van der Waals surface area contributed by atoms with Crippen molar-refractivity contribution >= 4 is 0 Å². The summed E-state index contributed by atoms with van der Waals surface area (Å²) in [7, 11) is 1.76. The van der Waals surface area contributed by atoms with E-state index in [1.165, 1.54) is 12.8 Å². The predicted molar refractivity (Wildman–Crippen MR) is 46.9 cm³/mol. The van der Waals surface area contributed by atoms with Crippen molar-refractivity contribution in [2.45, 2.75) is 51.4 Å². The largest absolute Gasteiger partial charge is 0.350 e. The summed E-state index contributed by atoms with van der Waals surface area (Å²) in [5.74, 6) is -0.280. The fourth-order valence-corrected chi connectivity index (χ4v) is 2.93. The van der Waals surface area contributed by atoms with Crippen LogP contribution in [0.4, 0.5) is 0 Å². The third-order valence-corrected chi connectivity index (χ3v) is 3.66. The number of hydrogen-bond acceptors (Lipinski definition) is 2. The van der Waals surface area contributed by atoms with Crippen LogP contribution in [0.1, 0.15) is 40.0 Å². The van der Waals surface area contributed by atoms with Gasteiger partial charge in [0.05, 0.1) is 0 Å². The molecule has 12 heavy (non-hydrogen) atoms. The molecule has 2 rings (SSSR count). The molecule has 1 saturated heterocycles. The summed E-state index contributed by atoms with van der Waals surface area (Å²) >= 11 is 0. The van der Waals surface area contributed by atoms with Crippen LogP contribution in [0.2, 0.25) is 0 Å². The van der Waals surface area contributed by atoms with Crippen molar-refractivity contribution in [3.05, 3.63) is 0 Å². The van der Waals surface area contributed by atoms with Gasteiger partial charge in [0.1, 0.15) is 5.60 Å². The van der Waals surface area contributed by atoms with Gasteiger partial charge >= 0.3 is 0 Å². The van der Waals surface area contributed by atoms with Crippen molar-refractivity contribution < 1.29 is 9.47 Å². The van der Waals surface area contributed by atoms with E-state index in [9.17, 15) is 0 Å². The van der Waals surface area contributed by atoms with Crippen LogP contribution >= 0.6 is 0 Å². The molecule has 2 aliphatic rings. The Hall–Kier alpha value is -0.0800. The second-order valence-electron chi connectivity index (χ2n) is 4.89. The maximum absolute atomic E-state index is 5.80. The third kappa shape index (κ3) is 0.728. The summed E-state index contributed by atoms with van der Waals surface area (Å²) in [5.41, 5.74) is 0.179. The van der Waals surface area contributed by atoms with Crippen molar-refractivity contribution in [3.63, 3.8) is 0 Å². The summed E-state index contributed by atoms with van der Waals surface area (Å²) in [6.07, 6.45) is 3.61. The van der Waals surface area contributed by atoms with Gasteiger partial charge in [-0.2, -0.15) is 0 Å². The molecular formula is C10H18O2. The number of fused-ring (bicyclic) bond motifs is 1. The van der Waals surface area contributed by atoms with Crippen LogP contribution in [0, 0.1) is 5.41 Å². The number of rotatable bonds is 1. The number of hydrogen-bond donors (Lipinski definition) is 0. The molecular weight excluding hydrogens is 152 g/mol. The van der Waals surface area contributed by atoms with Crippen molar-refractivity contribution in [2.24, 2.45) is 5.41 Å². The van der Waals surface area contributed by atoms with E-state index in [1.807, 2.05) is 0 Å². The average molecular weight is 170 g/mol. The van der Waals surface area contributed by atoms with E-state index in [0.29, 0.717) is 0 Å². The summed E-state index contributed by atoms with van der Waals surface area (Å²) < 4.78 is 11.3. The first-order chi connectivity index (χ1) is 5.47. The lowest BCUT2D eigenvalue weighted by Gasteiger charge is -2.36. The molecule has 1 saturated carbocycles. The standard InChI is InChI=1S/C10H18O2/c1-8(2)6-5-7-9(3)10(8,11-4)12-9/h5-7H2,1-4H3. The van der Waals surface area contributed by atoms with Crippen LogP contribution in [-0.4, -0.2) is 18.5 Å². The van der Waals surface area contributed by atoms with Crippen molar-refractivity contribution in [2.75, 3.05) is 7.11 Å². The molecule has 0 amide bonds. The highest BCUT2D eigenvalue weighted by Gasteiger charge is 2.75. The summed E-state index contributed by atoms with van der Waals surface area (Å²) in [4.78, 5) is 0. The molecule has 0 aromatic rings. The van der Waals surface area contributed by atoms with Crippen LogP contribution < -0.4 is 0 Å². The average Bonchev–Trinajstić information content (AvgIpc) is 2.58. The second-order valence-corrected chi connectivity index (χ2v) is 4.89. The normalized spacial score (nSPS) is 50.0. The Morgan fingerprint density at radius 2 is 1.83 bits per heavy atom. The van der Waals surface area contributed by atoms with Crippen molar-refractivity contribution in [1.82, 2.24) is 0 Å². The zero-order valence-electron chi connectivity index (χ0n) is 8.44. The zero-order chi connectivity index (χ0) is 9.04. The molecule has 0 aromatic heterocycles. The lowest BCUT2D eigenvalue weighted by Crippen LogP contribution is -2.43. The molecule has 1 aliphatic carbocycles. The Kier molecular flexibility index (Phi) is 1.45. The van der Waals surface area contributed by atoms with E-state index in [2.05, 4.69) is 20.8 Å². The van der Waals surface area contributed by atoms with Crippen LogP contribution in [0.25, 0.3) is 0 Å². The summed E-state index contributed by atoms with van der Waals surface area (Å²) in [5, 5.41) is 0. The predicted octanol–water partition coefficient (Wildman–Crippen LogP) is 2.33. The molecule has 2 nitrogen and oxygen atoms in total. The van der Waals surface area contributed by atoms with Gasteiger partial charge in [0.2, 0.25) is 5.79 Å². The first kappa shape index (κ1) is 8.52. The van der Waals surface area contributed by atoms with Crippen LogP contribution in [0.15, 0.2) is 0 Å². The molecule has 1 heterocycles. The fraction of sp³-hybridized carbons (Fsp3) is 1.00. The molecule has 0 N–H and O–H groups in total. The van der Waals surface area contributed by atoms with Crippen LogP contribution in [0.5, 0.6) is 0 Å². The van der Waals surface area contributed by atoms with E-state index in [-0.39, 0.29) is 16.8 Å². The Balaban J connectivity index is 2.30. The van der Waals surface area contributed by atoms with E-state index >= 15 is 0 Å². The molecule has 70 valence electrons. The number of methoxy groups -OCH3 is 1. The van der Waals surface area contributed by atoms with Gasteiger partial charge < -0.3 is 9.47 Å². The van der Waals surface area contributed by atoms with Gasteiger partial charge in [0, 0.05) is 12.5 Å². The Morgan fingerprint density at radius 1 is 1.17 bits per heavy atom. The molecule has 0 bridgehead atoms. The maximum atomic E-state index is 5.80. The van der Waals surface area contributed by atoms with Crippen molar-refractivity contribution in [3.8, 4) is 0 Å². The van der Waals surface area contributed by atoms with Crippen molar-refractivity contribution in [1.29, 1.82) is 0 Å². The minimum absolute atomic E-state index is 0.00347. The van der Waals surface area contributed by atoms with Crippen LogP contribution in [-0.2, 0) is 9.47 Å². The first-order valence-corrected chi connectivity index (χ1v) is 4.73. The molecule has 0 aromatic carbocycles. The summed E-state index contributed by atoms with van der Waals surface area (Å²) in [6, 6.07) is 0. The minimum Gasteiger partial charge on any atom is -0.350 e. The Morgan fingerprint density at radius 3 is 2.25 bits per heavy atom. The number of epoxide rings is 1. The SMILES string of the molecule is COC12OC1(C)CCCC2(C)C. The highest BCUT2D eigenvalue weighted by Crippen LogP contribution is 2.65. The lowest BCUT2D eigenvalue weighted by molar-refractivity contribution is -0.104. The van der Waals surface area contributed by atoms with Crippen LogP contribution in [0.3, 0.4) is 0 Å². The second kappa shape index (κ2) is 2.05. The molecule has 0 radical (unpaired) electrons. The van der Waals surface area contributed by atoms with Gasteiger partial charge in [-0.3, -0.25) is 0 Å². The molecule has 0 spiro atoms. The van der Waals surface area contributed by atoms with Gasteiger partial charge in [0.25, 0.3) is 0 Å². The third-order valence-electron chi connectivity index (χ3n) is 3.66. The fourth-order valence-electron chi connectivity index (χ4n) is 2.93. The maximum Gasteiger partial charge on any atom is 0.203 e. The summed E-state index contributed by atoms with van der Waals surface area (Å²) in [6.45, 7) is 6.64. The zero-order valence-corrected chi connectivity index (χ0v) is 8.44. The Labute approximate surface area is 74.2 Å². The quantitative estimate of drug-likeness (QED) is 0.563. The molecule has 2 heteroatoms. The van der Waals surface area contributed by atoms with E-state index in [4.69, 9.17) is 9.47 Å². The number of ether oxygens (including phenoxy) is 2. The smallest absolute Gasteiger partial charge is 0.203 e. The highest BCUT2D eigenvalue weighted by atomic mass is 16.8. The molecule has 2 fully saturated rings. The molecule has 1 aliphatic heterocycles. The van der Waals surface area contributed by atoms with Gasteiger partial charge in [-0.05, 0) is 26.2 Å². The molecule has 2 atom stereocenters. The highest BCUT2D eigenvalue weighted by molar-refractivity contribution is 5.16. The lowest BCUT2D eigenvalue weighted by atomic mass is 9.70. The van der Waals surface area contributed by atoms with E-state index < -0.39 is 0 Å². The minimum atomic E-state index is -0.280. The van der Waals surface area contributed by atoms with Gasteiger partial charge in [-0.25, -0.2) is 0 Å². The first-order valence-electron chi connectivity index (χ1n) is 4.73. The Bertz CT molecular complexity index is 212. The molecule has 2 unspecified atom stereocenters. The van der Waals surface area contributed by atoms with E-state index in [1.54, 1.807) is 7.11 Å². The topological polar surface area (TPSA) is 21.8 Å². The van der Waals surface area contributed by atoms with Gasteiger partial charge in [0.15, 0.2) is 0 Å². The van der Waals surface area contributed by atoms with Gasteiger partial charge in [-0.15, -0.1) is 0 Å². The monoisotopic (exact) mass is 170 g/mol.